The summed E-state index contributed by atoms with van der Waals surface area (Å²) in [5, 5.41) is 2.40. The van der Waals surface area contributed by atoms with Gasteiger partial charge in [-0.2, -0.15) is 0 Å². The van der Waals surface area contributed by atoms with Gasteiger partial charge in [0.05, 0.1) is 13.2 Å². The van der Waals surface area contributed by atoms with Crippen LogP contribution in [0.1, 0.15) is 36.8 Å². The Hall–Kier alpha value is -3.27. The highest BCUT2D eigenvalue weighted by Gasteiger charge is 2.38. The van der Waals surface area contributed by atoms with Crippen LogP contribution in [0.25, 0.3) is 16.3 Å². The number of methoxy groups -OCH3 is 1. The number of benzene rings is 3. The molecular formula is C27H27NO3. The summed E-state index contributed by atoms with van der Waals surface area (Å²) in [7, 11) is 1.73. The van der Waals surface area contributed by atoms with Gasteiger partial charge in [0.1, 0.15) is 12.4 Å². The average molecular weight is 414 g/mol. The Kier molecular flexibility index (Phi) is 5.37. The normalized spacial score (nSPS) is 20.3. The van der Waals surface area contributed by atoms with Crippen molar-refractivity contribution in [2.45, 2.75) is 44.4 Å². The maximum absolute atomic E-state index is 13.0. The van der Waals surface area contributed by atoms with Crippen LogP contribution in [-0.2, 0) is 11.3 Å². The lowest BCUT2D eigenvalue weighted by atomic mass is 9.81. The van der Waals surface area contributed by atoms with Crippen LogP contribution in [0.4, 0.5) is 4.79 Å². The Bertz CT molecular complexity index is 1120. The summed E-state index contributed by atoms with van der Waals surface area (Å²) in [6, 6.07) is 22.7. The molecule has 2 aliphatic rings. The van der Waals surface area contributed by atoms with E-state index in [2.05, 4.69) is 42.5 Å². The molecule has 2 heterocycles. The maximum atomic E-state index is 13.0. The molecule has 3 aromatic rings. The molecular weight excluding hydrogens is 386 g/mol. The number of ether oxygens (including phenoxy) is 2. The van der Waals surface area contributed by atoms with Gasteiger partial charge in [-0.05, 0) is 53.7 Å². The van der Waals surface area contributed by atoms with Gasteiger partial charge in [0.15, 0.2) is 0 Å². The van der Waals surface area contributed by atoms with Gasteiger partial charge in [0.25, 0.3) is 0 Å². The number of rotatable bonds is 4. The summed E-state index contributed by atoms with van der Waals surface area (Å²) in [4.78, 5) is 15.0. The average Bonchev–Trinajstić information content (AvgIpc) is 2.81. The lowest BCUT2D eigenvalue weighted by Gasteiger charge is -2.44. The van der Waals surface area contributed by atoms with Crippen LogP contribution in [0.3, 0.4) is 0 Å². The zero-order valence-electron chi connectivity index (χ0n) is 17.8. The second kappa shape index (κ2) is 8.46. The third-order valence-corrected chi connectivity index (χ3v) is 6.48. The van der Waals surface area contributed by atoms with Crippen LogP contribution in [0.2, 0.25) is 0 Å². The molecule has 158 valence electrons. The first-order valence-corrected chi connectivity index (χ1v) is 11.0. The topological polar surface area (TPSA) is 38.8 Å². The predicted octanol–water partition coefficient (Wildman–Crippen LogP) is 6.20. The largest absolute Gasteiger partial charge is 0.496 e. The number of carbonyl (C=O) groups is 1. The zero-order chi connectivity index (χ0) is 21.2. The monoisotopic (exact) mass is 413 g/mol. The molecule has 0 N–H and O–H groups in total. The van der Waals surface area contributed by atoms with E-state index in [0.717, 1.165) is 42.6 Å². The molecule has 0 aliphatic carbocycles. The van der Waals surface area contributed by atoms with E-state index in [1.807, 2.05) is 35.2 Å². The molecule has 0 spiro atoms. The van der Waals surface area contributed by atoms with Crippen LogP contribution < -0.4 is 4.74 Å². The molecule has 0 radical (unpaired) electrons. The Morgan fingerprint density at radius 3 is 2.61 bits per heavy atom. The lowest BCUT2D eigenvalue weighted by Crippen LogP contribution is -2.51. The molecule has 3 aromatic carbocycles. The summed E-state index contributed by atoms with van der Waals surface area (Å²) in [6.45, 7) is 0.309. The SMILES string of the molecule is COc1ccc2ccccc2c1C1=CC2CCCC(C1)N2C(=O)OCc1ccccc1. The third kappa shape index (κ3) is 3.78. The highest BCUT2D eigenvalue weighted by atomic mass is 16.6. The molecule has 4 heteroatoms. The first kappa shape index (κ1) is 19.7. The number of carbonyl (C=O) groups excluding carboxylic acids is 1. The summed E-state index contributed by atoms with van der Waals surface area (Å²) < 4.78 is 11.4. The number of fused-ring (bicyclic) bond motifs is 3. The minimum atomic E-state index is -0.210. The Morgan fingerprint density at radius 1 is 1.00 bits per heavy atom. The zero-order valence-corrected chi connectivity index (χ0v) is 17.8. The predicted molar refractivity (Wildman–Crippen MR) is 123 cm³/mol. The molecule has 4 nitrogen and oxygen atoms in total. The van der Waals surface area contributed by atoms with Crippen LogP contribution in [-0.4, -0.2) is 30.2 Å². The Balaban J connectivity index is 1.45. The van der Waals surface area contributed by atoms with Crippen LogP contribution in [0, 0.1) is 0 Å². The fourth-order valence-corrected chi connectivity index (χ4v) is 5.05. The van der Waals surface area contributed by atoms with Crippen molar-refractivity contribution >= 4 is 22.4 Å². The number of piperidine rings is 1. The molecule has 1 amide bonds. The van der Waals surface area contributed by atoms with E-state index >= 15 is 0 Å². The van der Waals surface area contributed by atoms with E-state index in [-0.39, 0.29) is 18.2 Å². The first-order valence-electron chi connectivity index (χ1n) is 11.0. The second-order valence-corrected chi connectivity index (χ2v) is 8.36. The Morgan fingerprint density at radius 2 is 1.81 bits per heavy atom. The van der Waals surface area contributed by atoms with Crippen molar-refractivity contribution in [2.75, 3.05) is 7.11 Å². The Labute approximate surface area is 183 Å². The minimum Gasteiger partial charge on any atom is -0.496 e. The lowest BCUT2D eigenvalue weighted by molar-refractivity contribution is 0.0510. The molecule has 2 aliphatic heterocycles. The summed E-state index contributed by atoms with van der Waals surface area (Å²) in [6.07, 6.45) is 5.98. The molecule has 31 heavy (non-hydrogen) atoms. The van der Waals surface area contributed by atoms with Crippen molar-refractivity contribution in [1.82, 2.24) is 4.90 Å². The summed E-state index contributed by atoms with van der Waals surface area (Å²) in [5.74, 6) is 0.892. The van der Waals surface area contributed by atoms with E-state index in [1.165, 1.54) is 16.3 Å². The standard InChI is InChI=1S/C27H27NO3/c1-30-25-15-14-20-10-5-6-13-24(20)26(25)21-16-22-11-7-12-23(17-21)28(22)27(29)31-18-19-8-3-2-4-9-19/h2-6,8-10,13-16,22-23H,7,11-12,17-18H2,1H3. The van der Waals surface area contributed by atoms with E-state index in [4.69, 9.17) is 9.47 Å². The van der Waals surface area contributed by atoms with Crippen molar-refractivity contribution in [2.24, 2.45) is 0 Å². The molecule has 0 saturated carbocycles. The summed E-state index contributed by atoms with van der Waals surface area (Å²) in [5.41, 5.74) is 3.44. The van der Waals surface area contributed by atoms with E-state index in [0.29, 0.717) is 6.61 Å². The van der Waals surface area contributed by atoms with Crippen LogP contribution >= 0.6 is 0 Å². The smallest absolute Gasteiger partial charge is 0.410 e. The number of amides is 1. The van der Waals surface area contributed by atoms with E-state index < -0.39 is 0 Å². The van der Waals surface area contributed by atoms with Gasteiger partial charge in [-0.1, -0.05) is 66.7 Å². The minimum absolute atomic E-state index is 0.0643. The van der Waals surface area contributed by atoms with Gasteiger partial charge in [0, 0.05) is 11.6 Å². The quantitative estimate of drug-likeness (QED) is 0.511. The number of nitrogens with zero attached hydrogens (tertiary/aromatic N) is 1. The molecule has 2 atom stereocenters. The van der Waals surface area contributed by atoms with Crippen molar-refractivity contribution in [3.8, 4) is 5.75 Å². The van der Waals surface area contributed by atoms with E-state index in [1.54, 1.807) is 7.11 Å². The van der Waals surface area contributed by atoms with Crippen LogP contribution in [0.5, 0.6) is 5.75 Å². The van der Waals surface area contributed by atoms with E-state index in [9.17, 15) is 4.79 Å². The van der Waals surface area contributed by atoms with Gasteiger partial charge in [0.2, 0.25) is 0 Å². The van der Waals surface area contributed by atoms with Crippen LogP contribution in [0.15, 0.2) is 72.8 Å². The highest BCUT2D eigenvalue weighted by Crippen LogP contribution is 2.42. The van der Waals surface area contributed by atoms with Gasteiger partial charge in [-0.25, -0.2) is 4.79 Å². The molecule has 2 unspecified atom stereocenters. The van der Waals surface area contributed by atoms with Gasteiger partial charge in [-0.15, -0.1) is 0 Å². The van der Waals surface area contributed by atoms with Crippen molar-refractivity contribution in [3.63, 3.8) is 0 Å². The molecule has 1 fully saturated rings. The number of hydrogen-bond acceptors (Lipinski definition) is 3. The van der Waals surface area contributed by atoms with Crippen molar-refractivity contribution in [1.29, 1.82) is 0 Å². The van der Waals surface area contributed by atoms with Crippen molar-refractivity contribution < 1.29 is 14.3 Å². The summed E-state index contributed by atoms with van der Waals surface area (Å²) >= 11 is 0. The molecule has 2 bridgehead atoms. The fraction of sp³-hybridized carbons (Fsp3) is 0.296. The van der Waals surface area contributed by atoms with Crippen molar-refractivity contribution in [3.05, 3.63) is 83.9 Å². The molecule has 1 saturated heterocycles. The van der Waals surface area contributed by atoms with Gasteiger partial charge in [-0.3, -0.25) is 4.90 Å². The molecule has 0 aromatic heterocycles. The second-order valence-electron chi connectivity index (χ2n) is 8.36. The van der Waals surface area contributed by atoms with Gasteiger partial charge >= 0.3 is 6.09 Å². The first-order chi connectivity index (χ1) is 15.2. The van der Waals surface area contributed by atoms with Gasteiger partial charge < -0.3 is 9.47 Å². The number of hydrogen-bond donors (Lipinski definition) is 0. The molecule has 5 rings (SSSR count). The maximum Gasteiger partial charge on any atom is 0.410 e. The highest BCUT2D eigenvalue weighted by molar-refractivity contribution is 5.97. The fourth-order valence-electron chi connectivity index (χ4n) is 5.05. The third-order valence-electron chi connectivity index (χ3n) is 6.48.